The SMILES string of the molecule is O=C(NCCCCN1CCN(c2csc3cc(F)ccc23)CC1)c1ccc(-c2ccccc2)cc1. The fourth-order valence-corrected chi connectivity index (χ4v) is 5.65. The van der Waals surface area contributed by atoms with Gasteiger partial charge in [-0.25, -0.2) is 4.39 Å². The first-order valence-electron chi connectivity index (χ1n) is 12.2. The molecule has 2 heterocycles. The zero-order valence-corrected chi connectivity index (χ0v) is 20.6. The van der Waals surface area contributed by atoms with Gasteiger partial charge in [0.05, 0.1) is 5.69 Å². The summed E-state index contributed by atoms with van der Waals surface area (Å²) >= 11 is 1.61. The summed E-state index contributed by atoms with van der Waals surface area (Å²) in [5, 5.41) is 6.35. The quantitative estimate of drug-likeness (QED) is 0.308. The molecule has 5 rings (SSSR count). The van der Waals surface area contributed by atoms with Crippen molar-refractivity contribution in [3.8, 4) is 11.1 Å². The maximum absolute atomic E-state index is 13.5. The number of nitrogens with zero attached hydrogens (tertiary/aromatic N) is 2. The minimum absolute atomic E-state index is 0.0129. The third-order valence-corrected chi connectivity index (χ3v) is 7.60. The molecule has 0 atom stereocenters. The number of halogens is 1. The van der Waals surface area contributed by atoms with E-state index in [0.29, 0.717) is 12.1 Å². The molecule has 0 aliphatic carbocycles. The highest BCUT2D eigenvalue weighted by atomic mass is 32.1. The average molecular weight is 488 g/mol. The Bertz CT molecular complexity index is 1260. The molecule has 6 heteroatoms. The van der Waals surface area contributed by atoms with Crippen molar-refractivity contribution in [1.82, 2.24) is 10.2 Å². The minimum Gasteiger partial charge on any atom is -0.368 e. The summed E-state index contributed by atoms with van der Waals surface area (Å²) in [5.41, 5.74) is 4.19. The Morgan fingerprint density at radius 3 is 2.40 bits per heavy atom. The maximum Gasteiger partial charge on any atom is 0.251 e. The van der Waals surface area contributed by atoms with E-state index in [1.807, 2.05) is 48.5 Å². The van der Waals surface area contributed by atoms with Crippen LogP contribution in [0.5, 0.6) is 0 Å². The predicted octanol–water partition coefficient (Wildman–Crippen LogP) is 6.04. The van der Waals surface area contributed by atoms with E-state index < -0.39 is 0 Å². The van der Waals surface area contributed by atoms with Crippen LogP contribution in [0.25, 0.3) is 21.2 Å². The third kappa shape index (κ3) is 5.72. The van der Waals surface area contributed by atoms with Crippen molar-refractivity contribution in [2.75, 3.05) is 44.2 Å². The standard InChI is InChI=1S/C29H30FN3OS/c30-25-12-13-26-27(21-35-28(26)20-25)33-18-16-32(17-19-33)15-5-4-14-31-29(34)24-10-8-23(9-11-24)22-6-2-1-3-7-22/h1-3,6-13,20-21H,4-5,14-19H2,(H,31,34). The van der Waals surface area contributed by atoms with E-state index in [4.69, 9.17) is 0 Å². The number of piperazine rings is 1. The number of amides is 1. The van der Waals surface area contributed by atoms with Gasteiger partial charge in [0.25, 0.3) is 5.91 Å². The van der Waals surface area contributed by atoms with Crippen LogP contribution in [0.2, 0.25) is 0 Å². The van der Waals surface area contributed by atoms with E-state index in [9.17, 15) is 9.18 Å². The van der Waals surface area contributed by atoms with Crippen LogP contribution < -0.4 is 10.2 Å². The first-order valence-corrected chi connectivity index (χ1v) is 13.1. The van der Waals surface area contributed by atoms with Crippen LogP contribution in [-0.2, 0) is 0 Å². The number of unbranched alkanes of at least 4 members (excludes halogenated alkanes) is 1. The maximum atomic E-state index is 13.5. The highest BCUT2D eigenvalue weighted by Gasteiger charge is 2.19. The lowest BCUT2D eigenvalue weighted by molar-refractivity contribution is 0.0952. The number of anilines is 1. The Hall–Kier alpha value is -3.22. The first kappa shape index (κ1) is 23.5. The molecule has 1 fully saturated rings. The lowest BCUT2D eigenvalue weighted by atomic mass is 10.0. The number of carbonyl (C=O) groups is 1. The number of nitrogens with one attached hydrogen (secondary N) is 1. The van der Waals surface area contributed by atoms with Gasteiger partial charge in [-0.15, -0.1) is 11.3 Å². The molecule has 0 bridgehead atoms. The Balaban J connectivity index is 1.01. The van der Waals surface area contributed by atoms with E-state index in [1.54, 1.807) is 23.5 Å². The van der Waals surface area contributed by atoms with Crippen LogP contribution in [0.15, 0.2) is 78.2 Å². The first-order chi connectivity index (χ1) is 17.2. The van der Waals surface area contributed by atoms with Gasteiger partial charge in [0, 0.05) is 53.8 Å². The summed E-state index contributed by atoms with van der Waals surface area (Å²) in [6.07, 6.45) is 2.03. The number of fused-ring (bicyclic) bond motifs is 1. The number of carbonyl (C=O) groups excluding carboxylic acids is 1. The van der Waals surface area contributed by atoms with Crippen molar-refractivity contribution in [3.05, 3.63) is 89.6 Å². The molecule has 1 amide bonds. The zero-order chi connectivity index (χ0) is 24.0. The van der Waals surface area contributed by atoms with Crippen molar-refractivity contribution in [3.63, 3.8) is 0 Å². The molecule has 4 aromatic rings. The van der Waals surface area contributed by atoms with Crippen LogP contribution in [0.1, 0.15) is 23.2 Å². The van der Waals surface area contributed by atoms with E-state index in [1.165, 1.54) is 5.69 Å². The van der Waals surface area contributed by atoms with Crippen molar-refractivity contribution < 1.29 is 9.18 Å². The molecule has 4 nitrogen and oxygen atoms in total. The molecule has 0 spiro atoms. The van der Waals surface area contributed by atoms with Crippen LogP contribution in [0.4, 0.5) is 10.1 Å². The van der Waals surface area contributed by atoms with Gasteiger partial charge >= 0.3 is 0 Å². The van der Waals surface area contributed by atoms with Gasteiger partial charge in [0.1, 0.15) is 5.82 Å². The average Bonchev–Trinajstić information content (AvgIpc) is 3.32. The van der Waals surface area contributed by atoms with E-state index >= 15 is 0 Å². The number of thiophene rings is 1. The van der Waals surface area contributed by atoms with Crippen molar-refractivity contribution in [2.24, 2.45) is 0 Å². The molecule has 1 aromatic heterocycles. The summed E-state index contributed by atoms with van der Waals surface area (Å²) in [6.45, 7) is 5.76. The molecule has 1 aliphatic heterocycles. The number of hydrogen-bond acceptors (Lipinski definition) is 4. The fraction of sp³-hybridized carbons (Fsp3) is 0.276. The van der Waals surface area contributed by atoms with Gasteiger partial charge in [0.2, 0.25) is 0 Å². The monoisotopic (exact) mass is 487 g/mol. The van der Waals surface area contributed by atoms with Gasteiger partial charge < -0.3 is 10.2 Å². The van der Waals surface area contributed by atoms with Crippen LogP contribution in [-0.4, -0.2) is 50.1 Å². The van der Waals surface area contributed by atoms with Gasteiger partial charge in [0.15, 0.2) is 0 Å². The van der Waals surface area contributed by atoms with Crippen LogP contribution in [0.3, 0.4) is 0 Å². The lowest BCUT2D eigenvalue weighted by Gasteiger charge is -2.35. The van der Waals surface area contributed by atoms with E-state index in [-0.39, 0.29) is 11.7 Å². The Morgan fingerprint density at radius 1 is 0.886 bits per heavy atom. The lowest BCUT2D eigenvalue weighted by Crippen LogP contribution is -2.46. The molecule has 3 aromatic carbocycles. The van der Waals surface area contributed by atoms with E-state index in [2.05, 4.69) is 32.6 Å². The van der Waals surface area contributed by atoms with Gasteiger partial charge in [-0.3, -0.25) is 9.69 Å². The molecule has 1 saturated heterocycles. The highest BCUT2D eigenvalue weighted by molar-refractivity contribution is 7.17. The molecule has 1 N–H and O–H groups in total. The second kappa shape index (κ2) is 11.0. The minimum atomic E-state index is -0.173. The number of hydrogen-bond donors (Lipinski definition) is 1. The topological polar surface area (TPSA) is 35.6 Å². The van der Waals surface area contributed by atoms with Crippen LogP contribution >= 0.6 is 11.3 Å². The van der Waals surface area contributed by atoms with Gasteiger partial charge in [-0.2, -0.15) is 0 Å². The molecular weight excluding hydrogens is 457 g/mol. The number of rotatable bonds is 8. The second-order valence-electron chi connectivity index (χ2n) is 9.00. The summed E-state index contributed by atoms with van der Waals surface area (Å²) in [4.78, 5) is 17.4. The largest absolute Gasteiger partial charge is 0.368 e. The normalized spacial score (nSPS) is 14.4. The molecular formula is C29H30FN3OS. The number of benzene rings is 3. The molecule has 1 aliphatic rings. The molecule has 180 valence electrons. The molecule has 0 radical (unpaired) electrons. The van der Waals surface area contributed by atoms with Gasteiger partial charge in [-0.1, -0.05) is 42.5 Å². The summed E-state index contributed by atoms with van der Waals surface area (Å²) in [7, 11) is 0. The summed E-state index contributed by atoms with van der Waals surface area (Å²) in [5.74, 6) is -0.186. The Labute approximate surface area is 210 Å². The fourth-order valence-electron chi connectivity index (χ4n) is 4.65. The Morgan fingerprint density at radius 2 is 1.63 bits per heavy atom. The second-order valence-corrected chi connectivity index (χ2v) is 9.91. The summed E-state index contributed by atoms with van der Waals surface area (Å²) in [6, 6.07) is 23.0. The van der Waals surface area contributed by atoms with Crippen molar-refractivity contribution >= 4 is 33.0 Å². The molecule has 0 saturated carbocycles. The van der Waals surface area contributed by atoms with Crippen LogP contribution in [0, 0.1) is 5.82 Å². The Kier molecular flexibility index (Phi) is 7.40. The van der Waals surface area contributed by atoms with Crippen molar-refractivity contribution in [2.45, 2.75) is 12.8 Å². The summed E-state index contributed by atoms with van der Waals surface area (Å²) < 4.78 is 14.5. The zero-order valence-electron chi connectivity index (χ0n) is 19.8. The smallest absolute Gasteiger partial charge is 0.251 e. The van der Waals surface area contributed by atoms with E-state index in [0.717, 1.165) is 66.8 Å². The predicted molar refractivity (Wildman–Crippen MR) is 144 cm³/mol. The highest BCUT2D eigenvalue weighted by Crippen LogP contribution is 2.34. The molecule has 35 heavy (non-hydrogen) atoms. The third-order valence-electron chi connectivity index (χ3n) is 6.67. The van der Waals surface area contributed by atoms with Crippen molar-refractivity contribution in [1.29, 1.82) is 0 Å². The van der Waals surface area contributed by atoms with Gasteiger partial charge in [-0.05, 0) is 60.8 Å². The molecule has 0 unspecified atom stereocenters.